The SMILES string of the molecule is CC(=O)c1cccc(C(=O)N2CCN(c3cc(C)cc(C)c3)C(=O)C2)c1. The van der Waals surface area contributed by atoms with Crippen LogP contribution in [0.15, 0.2) is 42.5 Å². The molecule has 1 saturated heterocycles. The quantitative estimate of drug-likeness (QED) is 0.800. The van der Waals surface area contributed by atoms with Gasteiger partial charge in [0.1, 0.15) is 6.54 Å². The maximum atomic E-state index is 12.7. The molecule has 26 heavy (non-hydrogen) atoms. The van der Waals surface area contributed by atoms with E-state index in [1.807, 2.05) is 26.0 Å². The number of anilines is 1. The average Bonchev–Trinajstić information content (AvgIpc) is 2.60. The fourth-order valence-electron chi connectivity index (χ4n) is 3.28. The Hall–Kier alpha value is -2.95. The molecule has 1 aliphatic rings. The molecule has 0 bridgehead atoms. The summed E-state index contributed by atoms with van der Waals surface area (Å²) in [5, 5.41) is 0. The Labute approximate surface area is 153 Å². The van der Waals surface area contributed by atoms with Crippen LogP contribution < -0.4 is 4.90 Å². The molecule has 0 N–H and O–H groups in total. The number of aryl methyl sites for hydroxylation is 2. The summed E-state index contributed by atoms with van der Waals surface area (Å²) in [4.78, 5) is 40.1. The zero-order valence-corrected chi connectivity index (χ0v) is 15.3. The summed E-state index contributed by atoms with van der Waals surface area (Å²) < 4.78 is 0. The van der Waals surface area contributed by atoms with Crippen molar-refractivity contribution in [1.29, 1.82) is 0 Å². The van der Waals surface area contributed by atoms with E-state index < -0.39 is 0 Å². The van der Waals surface area contributed by atoms with Gasteiger partial charge < -0.3 is 9.80 Å². The van der Waals surface area contributed by atoms with Crippen LogP contribution in [0.25, 0.3) is 0 Å². The molecule has 1 aliphatic heterocycles. The summed E-state index contributed by atoms with van der Waals surface area (Å²) in [6, 6.07) is 12.7. The van der Waals surface area contributed by atoms with Crippen LogP contribution in [0.5, 0.6) is 0 Å². The highest BCUT2D eigenvalue weighted by molar-refractivity contribution is 6.03. The van der Waals surface area contributed by atoms with Crippen LogP contribution in [0.2, 0.25) is 0 Å². The van der Waals surface area contributed by atoms with Gasteiger partial charge in [-0.25, -0.2) is 0 Å². The molecule has 2 aromatic rings. The van der Waals surface area contributed by atoms with Crippen molar-refractivity contribution in [3.8, 4) is 0 Å². The number of ketones is 1. The van der Waals surface area contributed by atoms with E-state index in [1.165, 1.54) is 6.92 Å². The number of hydrogen-bond acceptors (Lipinski definition) is 3. The topological polar surface area (TPSA) is 57.7 Å². The van der Waals surface area contributed by atoms with E-state index in [1.54, 1.807) is 34.1 Å². The lowest BCUT2D eigenvalue weighted by Crippen LogP contribution is -2.52. The molecule has 3 rings (SSSR count). The molecule has 0 radical (unpaired) electrons. The highest BCUT2D eigenvalue weighted by atomic mass is 16.2. The lowest BCUT2D eigenvalue weighted by Gasteiger charge is -2.34. The van der Waals surface area contributed by atoms with Crippen LogP contribution in [0.3, 0.4) is 0 Å². The third kappa shape index (κ3) is 3.67. The van der Waals surface area contributed by atoms with Gasteiger partial charge in [-0.1, -0.05) is 18.2 Å². The first-order chi connectivity index (χ1) is 12.3. The molecule has 1 heterocycles. The molecule has 1 fully saturated rings. The molecule has 5 nitrogen and oxygen atoms in total. The minimum absolute atomic E-state index is 0.0378. The number of carbonyl (C=O) groups excluding carboxylic acids is 3. The first-order valence-electron chi connectivity index (χ1n) is 8.64. The van der Waals surface area contributed by atoms with Crippen LogP contribution in [0.1, 0.15) is 38.8 Å². The van der Waals surface area contributed by atoms with Gasteiger partial charge >= 0.3 is 0 Å². The minimum atomic E-state index is -0.221. The Morgan fingerprint density at radius 2 is 1.58 bits per heavy atom. The van der Waals surface area contributed by atoms with Crippen LogP contribution in [-0.4, -0.2) is 42.1 Å². The molecule has 0 atom stereocenters. The van der Waals surface area contributed by atoms with Crippen molar-refractivity contribution in [3.05, 3.63) is 64.7 Å². The first kappa shape index (κ1) is 17.9. The van der Waals surface area contributed by atoms with Crippen molar-refractivity contribution in [1.82, 2.24) is 4.90 Å². The van der Waals surface area contributed by atoms with Crippen LogP contribution in [0.4, 0.5) is 5.69 Å². The van der Waals surface area contributed by atoms with Crippen molar-refractivity contribution in [2.75, 3.05) is 24.5 Å². The number of benzene rings is 2. The molecule has 2 aromatic carbocycles. The summed E-state index contributed by atoms with van der Waals surface area (Å²) in [5.74, 6) is -0.408. The van der Waals surface area contributed by atoms with Crippen molar-refractivity contribution in [2.45, 2.75) is 20.8 Å². The fourth-order valence-corrected chi connectivity index (χ4v) is 3.28. The Bertz CT molecular complexity index is 868. The number of piperazine rings is 1. The summed E-state index contributed by atoms with van der Waals surface area (Å²) in [5.41, 5.74) is 4.01. The fraction of sp³-hybridized carbons (Fsp3) is 0.286. The van der Waals surface area contributed by atoms with Gasteiger partial charge in [0, 0.05) is 29.9 Å². The van der Waals surface area contributed by atoms with Crippen molar-refractivity contribution < 1.29 is 14.4 Å². The molecule has 134 valence electrons. The van der Waals surface area contributed by atoms with Gasteiger partial charge in [-0.15, -0.1) is 0 Å². The Morgan fingerprint density at radius 1 is 0.923 bits per heavy atom. The zero-order valence-electron chi connectivity index (χ0n) is 15.3. The predicted octanol–water partition coefficient (Wildman–Crippen LogP) is 3.00. The Kier molecular flexibility index (Phi) is 4.89. The maximum absolute atomic E-state index is 12.7. The zero-order chi connectivity index (χ0) is 18.8. The Morgan fingerprint density at radius 3 is 2.19 bits per heavy atom. The number of amides is 2. The summed E-state index contributed by atoms with van der Waals surface area (Å²) in [6.07, 6.45) is 0. The van der Waals surface area contributed by atoms with E-state index in [0.717, 1.165) is 16.8 Å². The monoisotopic (exact) mass is 350 g/mol. The van der Waals surface area contributed by atoms with Crippen molar-refractivity contribution in [2.24, 2.45) is 0 Å². The summed E-state index contributed by atoms with van der Waals surface area (Å²) >= 11 is 0. The number of hydrogen-bond donors (Lipinski definition) is 0. The number of carbonyl (C=O) groups is 3. The second-order valence-electron chi connectivity index (χ2n) is 6.75. The third-order valence-electron chi connectivity index (χ3n) is 4.54. The summed E-state index contributed by atoms with van der Waals surface area (Å²) in [7, 11) is 0. The van der Waals surface area contributed by atoms with Gasteiger partial charge in [0.15, 0.2) is 5.78 Å². The lowest BCUT2D eigenvalue weighted by atomic mass is 10.1. The predicted molar refractivity (Wildman–Crippen MR) is 101 cm³/mol. The van der Waals surface area contributed by atoms with Crippen LogP contribution in [-0.2, 0) is 4.79 Å². The molecule has 0 aromatic heterocycles. The van der Waals surface area contributed by atoms with Crippen molar-refractivity contribution in [3.63, 3.8) is 0 Å². The van der Waals surface area contributed by atoms with E-state index >= 15 is 0 Å². The molecular weight excluding hydrogens is 328 g/mol. The normalized spacial score (nSPS) is 14.5. The largest absolute Gasteiger partial charge is 0.328 e. The van der Waals surface area contributed by atoms with Crippen LogP contribution in [0, 0.1) is 13.8 Å². The van der Waals surface area contributed by atoms with Gasteiger partial charge in [-0.05, 0) is 56.2 Å². The molecule has 2 amide bonds. The van der Waals surface area contributed by atoms with Crippen LogP contribution >= 0.6 is 0 Å². The van der Waals surface area contributed by atoms with Gasteiger partial charge in [-0.3, -0.25) is 14.4 Å². The second-order valence-corrected chi connectivity index (χ2v) is 6.75. The highest BCUT2D eigenvalue weighted by Crippen LogP contribution is 2.21. The number of Topliss-reactive ketones (excluding diaryl/α,β-unsaturated/α-hetero) is 1. The minimum Gasteiger partial charge on any atom is -0.328 e. The van der Waals surface area contributed by atoms with Gasteiger partial charge in [0.25, 0.3) is 5.91 Å². The van der Waals surface area contributed by atoms with Gasteiger partial charge in [-0.2, -0.15) is 0 Å². The maximum Gasteiger partial charge on any atom is 0.254 e. The molecule has 0 aliphatic carbocycles. The smallest absolute Gasteiger partial charge is 0.254 e. The van der Waals surface area contributed by atoms with E-state index in [-0.39, 0.29) is 24.1 Å². The Balaban J connectivity index is 1.76. The molecule has 0 saturated carbocycles. The third-order valence-corrected chi connectivity index (χ3v) is 4.54. The molecule has 0 unspecified atom stereocenters. The van der Waals surface area contributed by atoms with E-state index in [4.69, 9.17) is 0 Å². The number of nitrogens with zero attached hydrogens (tertiary/aromatic N) is 2. The van der Waals surface area contributed by atoms with E-state index in [9.17, 15) is 14.4 Å². The standard InChI is InChI=1S/C21H22N2O3/c1-14-9-15(2)11-19(10-14)23-8-7-22(13-20(23)25)21(26)18-6-4-5-17(12-18)16(3)24/h4-6,9-12H,7-8,13H2,1-3H3. The van der Waals surface area contributed by atoms with Gasteiger partial charge in [0.2, 0.25) is 5.91 Å². The van der Waals surface area contributed by atoms with E-state index in [2.05, 4.69) is 6.07 Å². The van der Waals surface area contributed by atoms with Gasteiger partial charge in [0.05, 0.1) is 0 Å². The molecular formula is C21H22N2O3. The highest BCUT2D eigenvalue weighted by Gasteiger charge is 2.29. The molecule has 5 heteroatoms. The average molecular weight is 350 g/mol. The first-order valence-corrected chi connectivity index (χ1v) is 8.64. The van der Waals surface area contributed by atoms with Crippen molar-refractivity contribution >= 4 is 23.3 Å². The van der Waals surface area contributed by atoms with E-state index in [0.29, 0.717) is 24.2 Å². The molecule has 0 spiro atoms. The second kappa shape index (κ2) is 7.12. The number of rotatable bonds is 3. The summed E-state index contributed by atoms with van der Waals surface area (Å²) in [6.45, 7) is 6.43. The lowest BCUT2D eigenvalue weighted by molar-refractivity contribution is -0.120.